The highest BCUT2D eigenvalue weighted by molar-refractivity contribution is 6.35. The first-order valence-electron chi connectivity index (χ1n) is 6.53. The van der Waals surface area contributed by atoms with Crippen molar-refractivity contribution in [2.24, 2.45) is 0 Å². The van der Waals surface area contributed by atoms with Crippen LogP contribution in [0.5, 0.6) is 5.75 Å². The summed E-state index contributed by atoms with van der Waals surface area (Å²) in [5.74, 6) is 0.128. The zero-order chi connectivity index (χ0) is 14.8. The molecule has 2 heterocycles. The van der Waals surface area contributed by atoms with Crippen molar-refractivity contribution in [1.29, 1.82) is 0 Å². The minimum Gasteiger partial charge on any atom is -0.493 e. The van der Waals surface area contributed by atoms with E-state index < -0.39 is 5.97 Å². The number of fused-ring (bicyclic) bond motifs is 1. The lowest BCUT2D eigenvalue weighted by molar-refractivity contribution is 0.0697. The number of rotatable bonds is 3. The molecule has 0 saturated heterocycles. The minimum atomic E-state index is -1.07. The molecule has 0 amide bonds. The smallest absolute Gasteiger partial charge is 0.337 e. The summed E-state index contributed by atoms with van der Waals surface area (Å²) in [6.45, 7) is 0.588. The Morgan fingerprint density at radius 2 is 2.19 bits per heavy atom. The molecule has 21 heavy (non-hydrogen) atoms. The monoisotopic (exact) mass is 304 g/mol. The molecule has 0 bridgehead atoms. The van der Waals surface area contributed by atoms with E-state index >= 15 is 0 Å². The molecule has 6 heteroatoms. The molecule has 1 aromatic heterocycles. The molecule has 0 radical (unpaired) electrons. The van der Waals surface area contributed by atoms with E-state index in [1.807, 2.05) is 24.3 Å². The molecule has 3 rings (SSSR count). The third-order valence-corrected chi connectivity index (χ3v) is 3.77. The molecule has 1 atom stereocenters. The van der Waals surface area contributed by atoms with Gasteiger partial charge in [-0.2, -0.15) is 0 Å². The zero-order valence-corrected chi connectivity index (χ0v) is 11.8. The second kappa shape index (κ2) is 5.61. The van der Waals surface area contributed by atoms with Crippen LogP contribution in [0.15, 0.2) is 36.5 Å². The molecule has 0 fully saturated rings. The minimum absolute atomic E-state index is 0.0102. The average molecular weight is 305 g/mol. The van der Waals surface area contributed by atoms with Gasteiger partial charge in [0.2, 0.25) is 0 Å². The Bertz CT molecular complexity index is 690. The summed E-state index contributed by atoms with van der Waals surface area (Å²) in [5.41, 5.74) is 1.05. The topological polar surface area (TPSA) is 71.5 Å². The fourth-order valence-corrected chi connectivity index (χ4v) is 2.61. The number of halogens is 1. The first-order valence-corrected chi connectivity index (χ1v) is 6.90. The molecule has 1 aromatic carbocycles. The third-order valence-electron chi connectivity index (χ3n) is 3.39. The number of benzene rings is 1. The van der Waals surface area contributed by atoms with Crippen molar-refractivity contribution >= 4 is 23.4 Å². The molecule has 0 aliphatic carbocycles. The molecule has 108 valence electrons. The van der Waals surface area contributed by atoms with Crippen LogP contribution in [0.2, 0.25) is 5.02 Å². The Hall–Kier alpha value is -2.27. The number of hydrogen-bond acceptors (Lipinski definition) is 4. The lowest BCUT2D eigenvalue weighted by atomic mass is 10.0. The summed E-state index contributed by atoms with van der Waals surface area (Å²) in [5, 5.41) is 12.4. The van der Waals surface area contributed by atoms with Crippen molar-refractivity contribution < 1.29 is 14.6 Å². The second-order valence-corrected chi connectivity index (χ2v) is 5.08. The lowest BCUT2D eigenvalue weighted by Gasteiger charge is -2.27. The molecule has 0 saturated carbocycles. The van der Waals surface area contributed by atoms with E-state index in [4.69, 9.17) is 21.4 Å². The molecule has 1 aliphatic heterocycles. The number of carbonyl (C=O) groups is 1. The van der Waals surface area contributed by atoms with Gasteiger partial charge in [-0.05, 0) is 12.1 Å². The molecule has 1 unspecified atom stereocenters. The van der Waals surface area contributed by atoms with Gasteiger partial charge in [0.05, 0.1) is 23.2 Å². The van der Waals surface area contributed by atoms with Crippen LogP contribution in [0, 0.1) is 0 Å². The third kappa shape index (κ3) is 2.64. The van der Waals surface area contributed by atoms with Gasteiger partial charge in [-0.15, -0.1) is 0 Å². The molecular formula is C15H13ClN2O3. The Kier molecular flexibility index (Phi) is 3.66. The summed E-state index contributed by atoms with van der Waals surface area (Å²) in [6.07, 6.45) is 2.19. The van der Waals surface area contributed by atoms with Crippen LogP contribution in [0.4, 0.5) is 5.82 Å². The largest absolute Gasteiger partial charge is 0.493 e. The maximum Gasteiger partial charge on any atom is 0.337 e. The molecule has 1 aliphatic rings. The number of nitrogens with zero attached hydrogens (tertiary/aromatic N) is 1. The van der Waals surface area contributed by atoms with Crippen LogP contribution in [0.3, 0.4) is 0 Å². The summed E-state index contributed by atoms with van der Waals surface area (Å²) >= 11 is 6.11. The van der Waals surface area contributed by atoms with Gasteiger partial charge in [0.15, 0.2) is 0 Å². The van der Waals surface area contributed by atoms with E-state index in [9.17, 15) is 4.79 Å². The number of carboxylic acid groups (broad SMARTS) is 1. The van der Waals surface area contributed by atoms with Gasteiger partial charge < -0.3 is 15.2 Å². The SMILES string of the molecule is O=C(O)c1ccnc(NC2CCOc3ccccc32)c1Cl. The number of pyridine rings is 1. The van der Waals surface area contributed by atoms with Crippen molar-refractivity contribution in [3.63, 3.8) is 0 Å². The van der Waals surface area contributed by atoms with Gasteiger partial charge in [0.1, 0.15) is 11.6 Å². The van der Waals surface area contributed by atoms with Gasteiger partial charge in [-0.25, -0.2) is 9.78 Å². The van der Waals surface area contributed by atoms with Crippen molar-refractivity contribution in [3.8, 4) is 5.75 Å². The molecule has 0 spiro atoms. The predicted octanol–water partition coefficient (Wildman–Crippen LogP) is 3.37. The van der Waals surface area contributed by atoms with Gasteiger partial charge >= 0.3 is 5.97 Å². The Morgan fingerprint density at radius 1 is 1.38 bits per heavy atom. The van der Waals surface area contributed by atoms with E-state index in [-0.39, 0.29) is 16.6 Å². The standard InChI is InChI=1S/C15H13ClN2O3/c16-13-10(15(19)20)5-7-17-14(13)18-11-6-8-21-12-4-2-1-3-9(11)12/h1-5,7,11H,6,8H2,(H,17,18)(H,19,20). The second-order valence-electron chi connectivity index (χ2n) is 4.70. The average Bonchev–Trinajstić information content (AvgIpc) is 2.49. The van der Waals surface area contributed by atoms with Crippen LogP contribution in [0.25, 0.3) is 0 Å². The van der Waals surface area contributed by atoms with Gasteiger partial charge in [-0.1, -0.05) is 29.8 Å². The highest BCUT2D eigenvalue weighted by Crippen LogP contribution is 2.35. The number of anilines is 1. The highest BCUT2D eigenvalue weighted by atomic mass is 35.5. The first-order chi connectivity index (χ1) is 10.2. The molecular weight excluding hydrogens is 292 g/mol. The van der Waals surface area contributed by atoms with Gasteiger partial charge in [0.25, 0.3) is 0 Å². The quantitative estimate of drug-likeness (QED) is 0.909. The number of aromatic nitrogens is 1. The summed E-state index contributed by atoms with van der Waals surface area (Å²) in [7, 11) is 0. The fraction of sp³-hybridized carbons (Fsp3) is 0.200. The van der Waals surface area contributed by atoms with Crippen molar-refractivity contribution in [1.82, 2.24) is 4.98 Å². The normalized spacial score (nSPS) is 16.7. The summed E-state index contributed by atoms with van der Waals surface area (Å²) < 4.78 is 5.60. The number of carboxylic acids is 1. The number of aromatic carboxylic acids is 1. The van der Waals surface area contributed by atoms with Crippen molar-refractivity contribution in [2.75, 3.05) is 11.9 Å². The molecule has 2 N–H and O–H groups in total. The van der Waals surface area contributed by atoms with Gasteiger partial charge in [0, 0.05) is 18.2 Å². The van der Waals surface area contributed by atoms with Gasteiger partial charge in [-0.3, -0.25) is 0 Å². The summed E-state index contributed by atoms with van der Waals surface area (Å²) in [6, 6.07) is 9.10. The summed E-state index contributed by atoms with van der Waals surface area (Å²) in [4.78, 5) is 15.2. The van der Waals surface area contributed by atoms with Crippen LogP contribution in [0.1, 0.15) is 28.4 Å². The van der Waals surface area contributed by atoms with Crippen LogP contribution in [-0.2, 0) is 0 Å². The number of para-hydroxylation sites is 1. The van der Waals surface area contributed by atoms with E-state index in [1.165, 1.54) is 12.3 Å². The Morgan fingerprint density at radius 3 is 3.00 bits per heavy atom. The van der Waals surface area contributed by atoms with E-state index in [1.54, 1.807) is 0 Å². The number of ether oxygens (including phenoxy) is 1. The number of nitrogens with one attached hydrogen (secondary N) is 1. The van der Waals surface area contributed by atoms with E-state index in [2.05, 4.69) is 10.3 Å². The van der Waals surface area contributed by atoms with Crippen molar-refractivity contribution in [3.05, 3.63) is 52.7 Å². The lowest BCUT2D eigenvalue weighted by Crippen LogP contribution is -2.21. The van der Waals surface area contributed by atoms with Crippen molar-refractivity contribution in [2.45, 2.75) is 12.5 Å². The number of hydrogen-bond donors (Lipinski definition) is 2. The first kappa shape index (κ1) is 13.7. The molecule has 2 aromatic rings. The predicted molar refractivity (Wildman–Crippen MR) is 79.1 cm³/mol. The maximum absolute atomic E-state index is 11.1. The fourth-order valence-electron chi connectivity index (χ4n) is 2.37. The molecule has 5 nitrogen and oxygen atoms in total. The zero-order valence-electron chi connectivity index (χ0n) is 11.0. The Labute approximate surface area is 126 Å². The van der Waals surface area contributed by atoms with Crippen LogP contribution in [-0.4, -0.2) is 22.7 Å². The van der Waals surface area contributed by atoms with Crippen LogP contribution < -0.4 is 10.1 Å². The highest BCUT2D eigenvalue weighted by Gasteiger charge is 2.23. The van der Waals surface area contributed by atoms with E-state index in [0.717, 1.165) is 17.7 Å². The Balaban J connectivity index is 1.92. The van der Waals surface area contributed by atoms with E-state index in [0.29, 0.717) is 12.4 Å². The maximum atomic E-state index is 11.1. The van der Waals surface area contributed by atoms with Crippen LogP contribution >= 0.6 is 11.6 Å².